The number of rotatable bonds is 3. The van der Waals surface area contributed by atoms with E-state index in [0.717, 1.165) is 0 Å². The summed E-state index contributed by atoms with van der Waals surface area (Å²) in [6, 6.07) is 10.0. The maximum absolute atomic E-state index is 11.8. The first-order valence-corrected chi connectivity index (χ1v) is 5.28. The molecule has 0 spiro atoms. The smallest absolute Gasteiger partial charge is 0.272 e. The highest BCUT2D eigenvalue weighted by Crippen LogP contribution is 2.20. The molecule has 0 saturated heterocycles. The van der Waals surface area contributed by atoms with Crippen molar-refractivity contribution in [1.82, 2.24) is 4.98 Å². The molecule has 0 aliphatic rings. The number of benzene rings is 1. The molecule has 0 fully saturated rings. The number of para-hydroxylation sites is 1. The average molecular weight is 249 g/mol. The second kappa shape index (κ2) is 4.84. The number of aldehydes is 1. The molecule has 1 amide bonds. The van der Waals surface area contributed by atoms with Crippen molar-refractivity contribution in [3.8, 4) is 0 Å². The summed E-state index contributed by atoms with van der Waals surface area (Å²) < 4.78 is 0. The van der Waals surface area contributed by atoms with Gasteiger partial charge in [0.2, 0.25) is 0 Å². The number of halogens is 1. The number of carbonyl (C=O) groups excluding carboxylic acids is 2. The number of anilines is 1. The van der Waals surface area contributed by atoms with Gasteiger partial charge in [-0.15, -0.1) is 0 Å². The van der Waals surface area contributed by atoms with Crippen LogP contribution < -0.4 is 5.32 Å². The minimum atomic E-state index is -0.341. The average Bonchev–Trinajstić information content (AvgIpc) is 2.81. The van der Waals surface area contributed by atoms with Crippen molar-refractivity contribution in [2.24, 2.45) is 0 Å². The quantitative estimate of drug-likeness (QED) is 0.821. The molecule has 0 atom stereocenters. The fourth-order valence-corrected chi connectivity index (χ4v) is 1.55. The third-order valence-electron chi connectivity index (χ3n) is 2.20. The van der Waals surface area contributed by atoms with Crippen molar-refractivity contribution in [3.63, 3.8) is 0 Å². The van der Waals surface area contributed by atoms with Gasteiger partial charge in [0.15, 0.2) is 6.29 Å². The first kappa shape index (κ1) is 11.4. The Labute approximate surface area is 103 Å². The zero-order valence-electron chi connectivity index (χ0n) is 8.74. The number of aromatic amines is 1. The lowest BCUT2D eigenvalue weighted by Crippen LogP contribution is -2.12. The largest absolute Gasteiger partial charge is 0.348 e. The summed E-state index contributed by atoms with van der Waals surface area (Å²) >= 11 is 5.91. The fourth-order valence-electron chi connectivity index (χ4n) is 1.37. The van der Waals surface area contributed by atoms with Crippen molar-refractivity contribution in [2.45, 2.75) is 0 Å². The molecular formula is C12H9ClN2O2. The van der Waals surface area contributed by atoms with Crippen LogP contribution in [0.25, 0.3) is 0 Å². The van der Waals surface area contributed by atoms with Crippen LogP contribution >= 0.6 is 11.6 Å². The molecule has 0 aliphatic heterocycles. The Balaban J connectivity index is 2.17. The maximum atomic E-state index is 11.8. The summed E-state index contributed by atoms with van der Waals surface area (Å²) in [5.41, 5.74) is 1.20. The highest BCUT2D eigenvalue weighted by molar-refractivity contribution is 6.33. The maximum Gasteiger partial charge on any atom is 0.272 e. The lowest BCUT2D eigenvalue weighted by atomic mass is 10.3. The van der Waals surface area contributed by atoms with E-state index in [1.165, 1.54) is 12.1 Å². The molecule has 2 aromatic rings. The summed E-state index contributed by atoms with van der Waals surface area (Å²) in [5.74, 6) is -0.341. The number of amides is 1. The van der Waals surface area contributed by atoms with E-state index in [0.29, 0.717) is 28.4 Å². The Morgan fingerprint density at radius 1 is 1.24 bits per heavy atom. The Bertz CT molecular complexity index is 563. The minimum Gasteiger partial charge on any atom is -0.348 e. The van der Waals surface area contributed by atoms with E-state index in [1.54, 1.807) is 24.3 Å². The van der Waals surface area contributed by atoms with Gasteiger partial charge in [-0.2, -0.15) is 0 Å². The fraction of sp³-hybridized carbons (Fsp3) is 0. The number of hydrogen-bond acceptors (Lipinski definition) is 2. The first-order valence-electron chi connectivity index (χ1n) is 4.91. The van der Waals surface area contributed by atoms with Gasteiger partial charge in [0.25, 0.3) is 5.91 Å². The van der Waals surface area contributed by atoms with Crippen LogP contribution in [0.2, 0.25) is 5.02 Å². The van der Waals surface area contributed by atoms with Crippen LogP contribution in [0.1, 0.15) is 21.0 Å². The van der Waals surface area contributed by atoms with Gasteiger partial charge in [0.05, 0.1) is 16.4 Å². The van der Waals surface area contributed by atoms with Gasteiger partial charge in [0.1, 0.15) is 5.69 Å². The number of hydrogen-bond donors (Lipinski definition) is 2. The molecule has 1 heterocycles. The summed E-state index contributed by atoms with van der Waals surface area (Å²) in [4.78, 5) is 24.9. The second-order valence-corrected chi connectivity index (χ2v) is 3.79. The van der Waals surface area contributed by atoms with E-state index in [4.69, 9.17) is 11.6 Å². The van der Waals surface area contributed by atoms with Gasteiger partial charge >= 0.3 is 0 Å². The van der Waals surface area contributed by atoms with Crippen LogP contribution in [0.5, 0.6) is 0 Å². The molecule has 0 unspecified atom stereocenters. The molecule has 0 bridgehead atoms. The third kappa shape index (κ3) is 2.54. The van der Waals surface area contributed by atoms with Gasteiger partial charge in [-0.3, -0.25) is 9.59 Å². The van der Waals surface area contributed by atoms with E-state index in [2.05, 4.69) is 10.3 Å². The number of aromatic nitrogens is 1. The van der Waals surface area contributed by atoms with E-state index >= 15 is 0 Å². The standard InChI is InChI=1S/C12H9ClN2O2/c13-9-3-1-2-4-10(9)15-12(17)11-6-5-8(7-16)14-11/h1-7,14H,(H,15,17). The van der Waals surface area contributed by atoms with E-state index in [-0.39, 0.29) is 5.91 Å². The zero-order chi connectivity index (χ0) is 12.3. The van der Waals surface area contributed by atoms with Crippen molar-refractivity contribution < 1.29 is 9.59 Å². The predicted octanol–water partition coefficient (Wildman–Crippen LogP) is 2.73. The highest BCUT2D eigenvalue weighted by Gasteiger charge is 2.09. The van der Waals surface area contributed by atoms with Crippen LogP contribution in [-0.2, 0) is 0 Å². The van der Waals surface area contributed by atoms with Gasteiger partial charge in [0, 0.05) is 0 Å². The van der Waals surface area contributed by atoms with Crippen molar-refractivity contribution in [1.29, 1.82) is 0 Å². The van der Waals surface area contributed by atoms with Gasteiger partial charge in [-0.25, -0.2) is 0 Å². The lowest BCUT2D eigenvalue weighted by molar-refractivity contribution is 0.102. The first-order chi connectivity index (χ1) is 8.20. The molecule has 4 nitrogen and oxygen atoms in total. The molecular weight excluding hydrogens is 240 g/mol. The molecule has 1 aromatic heterocycles. The summed E-state index contributed by atoms with van der Waals surface area (Å²) in [6.07, 6.45) is 0.645. The molecule has 0 aliphatic carbocycles. The van der Waals surface area contributed by atoms with Crippen molar-refractivity contribution in [3.05, 3.63) is 52.8 Å². The normalized spacial score (nSPS) is 9.94. The van der Waals surface area contributed by atoms with E-state index in [1.807, 2.05) is 0 Å². The summed E-state index contributed by atoms with van der Waals surface area (Å²) in [6.45, 7) is 0. The Kier molecular flexibility index (Phi) is 3.25. The molecule has 2 rings (SSSR count). The Morgan fingerprint density at radius 2 is 2.00 bits per heavy atom. The van der Waals surface area contributed by atoms with Crippen LogP contribution in [0.3, 0.4) is 0 Å². The molecule has 0 saturated carbocycles. The second-order valence-electron chi connectivity index (χ2n) is 3.38. The van der Waals surface area contributed by atoms with Crippen LogP contribution in [0.15, 0.2) is 36.4 Å². The SMILES string of the molecule is O=Cc1ccc(C(=O)Nc2ccccc2Cl)[nH]1. The van der Waals surface area contributed by atoms with Crippen LogP contribution in [0, 0.1) is 0 Å². The Hall–Kier alpha value is -2.07. The monoisotopic (exact) mass is 248 g/mol. The molecule has 86 valence electrons. The number of carbonyl (C=O) groups is 2. The lowest BCUT2D eigenvalue weighted by Gasteiger charge is -2.05. The highest BCUT2D eigenvalue weighted by atomic mass is 35.5. The third-order valence-corrected chi connectivity index (χ3v) is 2.53. The number of H-pyrrole nitrogens is 1. The van der Waals surface area contributed by atoms with Gasteiger partial charge in [-0.05, 0) is 24.3 Å². The summed E-state index contributed by atoms with van der Waals surface area (Å²) in [7, 11) is 0. The van der Waals surface area contributed by atoms with E-state index < -0.39 is 0 Å². The molecule has 1 aromatic carbocycles. The topological polar surface area (TPSA) is 62.0 Å². The van der Waals surface area contributed by atoms with E-state index in [9.17, 15) is 9.59 Å². The van der Waals surface area contributed by atoms with Crippen molar-refractivity contribution >= 4 is 29.5 Å². The molecule has 2 N–H and O–H groups in total. The molecule has 17 heavy (non-hydrogen) atoms. The summed E-state index contributed by atoms with van der Waals surface area (Å²) in [5, 5.41) is 3.11. The van der Waals surface area contributed by atoms with Crippen LogP contribution in [0.4, 0.5) is 5.69 Å². The van der Waals surface area contributed by atoms with Gasteiger partial charge in [-0.1, -0.05) is 23.7 Å². The van der Waals surface area contributed by atoms with Gasteiger partial charge < -0.3 is 10.3 Å². The number of nitrogens with one attached hydrogen (secondary N) is 2. The molecule has 5 heteroatoms. The predicted molar refractivity (Wildman–Crippen MR) is 65.6 cm³/mol. The van der Waals surface area contributed by atoms with Crippen molar-refractivity contribution in [2.75, 3.05) is 5.32 Å². The zero-order valence-corrected chi connectivity index (χ0v) is 9.49. The molecule has 0 radical (unpaired) electrons. The Morgan fingerprint density at radius 3 is 2.65 bits per heavy atom. The minimum absolute atomic E-state index is 0.312. The van der Waals surface area contributed by atoms with Crippen LogP contribution in [-0.4, -0.2) is 17.2 Å².